The minimum atomic E-state index is 0.771. The normalized spacial score (nSPS) is 20.2. The molecule has 0 aromatic rings. The fraction of sp³-hybridized carbons (Fsp3) is 1.00. The predicted octanol–water partition coefficient (Wildman–Crippen LogP) is 2.67. The van der Waals surface area contributed by atoms with Crippen molar-refractivity contribution < 1.29 is 0 Å². The maximum absolute atomic E-state index is 5.79. The van der Waals surface area contributed by atoms with Crippen LogP contribution in [0.5, 0.6) is 0 Å². The summed E-state index contributed by atoms with van der Waals surface area (Å²) in [6.45, 7) is 11.9. The van der Waals surface area contributed by atoms with E-state index in [0.717, 1.165) is 18.3 Å². The SMILES string of the molecule is CC(C)CCCN1CCCN(CCCl)CC1. The molecule has 0 aromatic carbocycles. The molecule has 0 aliphatic carbocycles. The highest BCUT2D eigenvalue weighted by atomic mass is 35.5. The van der Waals surface area contributed by atoms with E-state index >= 15 is 0 Å². The molecule has 1 saturated heterocycles. The second-order valence-corrected chi connectivity index (χ2v) is 5.64. The van der Waals surface area contributed by atoms with Gasteiger partial charge < -0.3 is 9.80 Å². The van der Waals surface area contributed by atoms with E-state index < -0.39 is 0 Å². The van der Waals surface area contributed by atoms with E-state index in [2.05, 4.69) is 23.6 Å². The first-order valence-corrected chi connectivity index (χ1v) is 7.26. The molecule has 0 amide bonds. The Kier molecular flexibility index (Phi) is 7.42. The summed E-state index contributed by atoms with van der Waals surface area (Å²) in [6, 6.07) is 0. The van der Waals surface area contributed by atoms with Crippen molar-refractivity contribution in [3.63, 3.8) is 0 Å². The van der Waals surface area contributed by atoms with Gasteiger partial charge in [0.15, 0.2) is 0 Å². The van der Waals surface area contributed by atoms with Crippen molar-refractivity contribution in [1.29, 1.82) is 0 Å². The molecule has 0 atom stereocenters. The standard InChI is InChI=1S/C13H27ClN2/c1-13(2)5-3-7-15-8-4-9-16(10-6-14)12-11-15/h13H,3-12H2,1-2H3. The van der Waals surface area contributed by atoms with E-state index in [1.165, 1.54) is 52.0 Å². The van der Waals surface area contributed by atoms with E-state index in [1.54, 1.807) is 0 Å². The molecular formula is C13H27ClN2. The van der Waals surface area contributed by atoms with Gasteiger partial charge in [0, 0.05) is 25.5 Å². The van der Waals surface area contributed by atoms with Gasteiger partial charge in [-0.25, -0.2) is 0 Å². The molecule has 0 spiro atoms. The Morgan fingerprint density at radius 1 is 1.00 bits per heavy atom. The van der Waals surface area contributed by atoms with Gasteiger partial charge in [0.1, 0.15) is 0 Å². The maximum atomic E-state index is 5.79. The van der Waals surface area contributed by atoms with E-state index in [-0.39, 0.29) is 0 Å². The number of nitrogens with zero attached hydrogens (tertiary/aromatic N) is 2. The van der Waals surface area contributed by atoms with Gasteiger partial charge in [-0.2, -0.15) is 0 Å². The van der Waals surface area contributed by atoms with Crippen LogP contribution in [0.2, 0.25) is 0 Å². The highest BCUT2D eigenvalue weighted by Crippen LogP contribution is 2.08. The molecule has 1 heterocycles. The molecule has 0 bridgehead atoms. The summed E-state index contributed by atoms with van der Waals surface area (Å²) >= 11 is 5.79. The van der Waals surface area contributed by atoms with Crippen LogP contribution in [0.25, 0.3) is 0 Å². The third-order valence-corrected chi connectivity index (χ3v) is 3.51. The minimum absolute atomic E-state index is 0.771. The second-order valence-electron chi connectivity index (χ2n) is 5.26. The molecule has 3 heteroatoms. The Morgan fingerprint density at radius 3 is 2.19 bits per heavy atom. The fourth-order valence-electron chi connectivity index (χ4n) is 2.31. The molecule has 0 unspecified atom stereocenters. The van der Waals surface area contributed by atoms with Crippen LogP contribution in [-0.4, -0.2) is 54.9 Å². The van der Waals surface area contributed by atoms with Crippen LogP contribution in [-0.2, 0) is 0 Å². The van der Waals surface area contributed by atoms with Crippen LogP contribution in [0.15, 0.2) is 0 Å². The van der Waals surface area contributed by atoms with Crippen molar-refractivity contribution in [1.82, 2.24) is 9.80 Å². The number of alkyl halides is 1. The zero-order chi connectivity index (χ0) is 11.8. The maximum Gasteiger partial charge on any atom is 0.0351 e. The van der Waals surface area contributed by atoms with Crippen molar-refractivity contribution in [3.8, 4) is 0 Å². The van der Waals surface area contributed by atoms with Crippen molar-refractivity contribution >= 4 is 11.6 Å². The third kappa shape index (κ3) is 6.07. The van der Waals surface area contributed by atoms with Crippen LogP contribution in [0, 0.1) is 5.92 Å². The summed E-state index contributed by atoms with van der Waals surface area (Å²) in [4.78, 5) is 5.12. The van der Waals surface area contributed by atoms with Gasteiger partial charge in [-0.05, 0) is 44.8 Å². The van der Waals surface area contributed by atoms with Gasteiger partial charge >= 0.3 is 0 Å². The monoisotopic (exact) mass is 246 g/mol. The summed E-state index contributed by atoms with van der Waals surface area (Å²) in [6.07, 6.45) is 4.02. The Hall–Kier alpha value is 0.210. The van der Waals surface area contributed by atoms with Crippen molar-refractivity contribution in [3.05, 3.63) is 0 Å². The first-order valence-electron chi connectivity index (χ1n) is 6.73. The van der Waals surface area contributed by atoms with Gasteiger partial charge in [-0.15, -0.1) is 11.6 Å². The van der Waals surface area contributed by atoms with E-state index in [9.17, 15) is 0 Å². The first-order chi connectivity index (χ1) is 7.72. The molecule has 2 nitrogen and oxygen atoms in total. The quantitative estimate of drug-likeness (QED) is 0.665. The molecule has 0 radical (unpaired) electrons. The number of halogens is 1. The van der Waals surface area contributed by atoms with Gasteiger partial charge in [0.25, 0.3) is 0 Å². The molecular weight excluding hydrogens is 220 g/mol. The predicted molar refractivity (Wildman–Crippen MR) is 72.3 cm³/mol. The molecule has 16 heavy (non-hydrogen) atoms. The van der Waals surface area contributed by atoms with Crippen LogP contribution in [0.1, 0.15) is 33.1 Å². The zero-order valence-electron chi connectivity index (χ0n) is 10.9. The number of hydrogen-bond acceptors (Lipinski definition) is 2. The highest BCUT2D eigenvalue weighted by molar-refractivity contribution is 6.18. The molecule has 1 aliphatic rings. The lowest BCUT2D eigenvalue weighted by atomic mass is 10.1. The van der Waals surface area contributed by atoms with Gasteiger partial charge in [-0.3, -0.25) is 0 Å². The zero-order valence-corrected chi connectivity index (χ0v) is 11.7. The minimum Gasteiger partial charge on any atom is -0.302 e. The Balaban J connectivity index is 2.14. The average molecular weight is 247 g/mol. The van der Waals surface area contributed by atoms with E-state index in [0.29, 0.717) is 0 Å². The number of rotatable bonds is 6. The summed E-state index contributed by atoms with van der Waals surface area (Å²) in [5.41, 5.74) is 0. The first kappa shape index (κ1) is 14.3. The summed E-state index contributed by atoms with van der Waals surface area (Å²) in [5.74, 6) is 1.62. The lowest BCUT2D eigenvalue weighted by molar-refractivity contribution is 0.257. The average Bonchev–Trinajstić information content (AvgIpc) is 2.44. The molecule has 1 fully saturated rings. The third-order valence-electron chi connectivity index (χ3n) is 3.34. The summed E-state index contributed by atoms with van der Waals surface area (Å²) in [5, 5.41) is 0. The second kappa shape index (κ2) is 8.32. The molecule has 96 valence electrons. The number of hydrogen-bond donors (Lipinski definition) is 0. The lowest BCUT2D eigenvalue weighted by Gasteiger charge is -2.21. The Morgan fingerprint density at radius 2 is 1.62 bits per heavy atom. The summed E-state index contributed by atoms with van der Waals surface area (Å²) in [7, 11) is 0. The van der Waals surface area contributed by atoms with Crippen LogP contribution in [0.4, 0.5) is 0 Å². The van der Waals surface area contributed by atoms with E-state index in [4.69, 9.17) is 11.6 Å². The van der Waals surface area contributed by atoms with Crippen LogP contribution < -0.4 is 0 Å². The molecule has 1 aliphatic heterocycles. The van der Waals surface area contributed by atoms with Crippen LogP contribution in [0.3, 0.4) is 0 Å². The molecule has 0 saturated carbocycles. The van der Waals surface area contributed by atoms with Crippen molar-refractivity contribution in [2.45, 2.75) is 33.1 Å². The van der Waals surface area contributed by atoms with Crippen LogP contribution >= 0.6 is 11.6 Å². The van der Waals surface area contributed by atoms with Gasteiger partial charge in [0.2, 0.25) is 0 Å². The lowest BCUT2D eigenvalue weighted by Crippen LogP contribution is -2.32. The van der Waals surface area contributed by atoms with Gasteiger partial charge in [0.05, 0.1) is 0 Å². The topological polar surface area (TPSA) is 6.48 Å². The van der Waals surface area contributed by atoms with Crippen molar-refractivity contribution in [2.24, 2.45) is 5.92 Å². The largest absolute Gasteiger partial charge is 0.302 e. The fourth-order valence-corrected chi connectivity index (χ4v) is 2.55. The smallest absolute Gasteiger partial charge is 0.0351 e. The molecule has 0 N–H and O–H groups in total. The Labute approximate surface area is 106 Å². The van der Waals surface area contributed by atoms with Crippen molar-refractivity contribution in [2.75, 3.05) is 45.1 Å². The Bertz CT molecular complexity index is 173. The summed E-state index contributed by atoms with van der Waals surface area (Å²) < 4.78 is 0. The van der Waals surface area contributed by atoms with E-state index in [1.807, 2.05) is 0 Å². The highest BCUT2D eigenvalue weighted by Gasteiger charge is 2.13. The molecule has 0 aromatic heterocycles. The molecule has 1 rings (SSSR count). The van der Waals surface area contributed by atoms with Gasteiger partial charge in [-0.1, -0.05) is 13.8 Å².